The van der Waals surface area contributed by atoms with E-state index in [1.54, 1.807) is 0 Å². The highest BCUT2D eigenvalue weighted by atomic mass is 32.2. The molecule has 0 aliphatic carbocycles. The minimum absolute atomic E-state index is 0.476. The zero-order valence-electron chi connectivity index (χ0n) is 9.69. The van der Waals surface area contributed by atoms with E-state index < -0.39 is 0 Å². The van der Waals surface area contributed by atoms with Crippen molar-refractivity contribution in [1.29, 1.82) is 0 Å². The summed E-state index contributed by atoms with van der Waals surface area (Å²) in [4.78, 5) is 2.29. The van der Waals surface area contributed by atoms with Crippen molar-refractivity contribution in [2.45, 2.75) is 26.1 Å². The SMILES string of the molecule is CSCC(C)N(C)Cc1ccc(CN)o1. The van der Waals surface area contributed by atoms with E-state index in [9.17, 15) is 0 Å². The Morgan fingerprint density at radius 3 is 2.67 bits per heavy atom. The fourth-order valence-electron chi connectivity index (χ4n) is 1.39. The Hall–Kier alpha value is -0.450. The molecule has 0 amide bonds. The first kappa shape index (κ1) is 12.6. The topological polar surface area (TPSA) is 42.4 Å². The van der Waals surface area contributed by atoms with E-state index in [0.29, 0.717) is 12.6 Å². The first-order valence-electron chi connectivity index (χ1n) is 5.14. The minimum Gasteiger partial charge on any atom is -0.463 e. The monoisotopic (exact) mass is 228 g/mol. The summed E-state index contributed by atoms with van der Waals surface area (Å²) in [6.45, 7) is 3.55. The summed E-state index contributed by atoms with van der Waals surface area (Å²) in [7, 11) is 2.12. The van der Waals surface area contributed by atoms with Gasteiger partial charge in [0.15, 0.2) is 0 Å². The van der Waals surface area contributed by atoms with Gasteiger partial charge in [-0.1, -0.05) is 0 Å². The Balaban J connectivity index is 2.46. The van der Waals surface area contributed by atoms with Gasteiger partial charge in [-0.3, -0.25) is 4.90 Å². The van der Waals surface area contributed by atoms with Crippen molar-refractivity contribution >= 4 is 11.8 Å². The molecule has 1 rings (SSSR count). The van der Waals surface area contributed by atoms with Crippen LogP contribution in [-0.2, 0) is 13.1 Å². The molecule has 1 atom stereocenters. The normalized spacial score (nSPS) is 13.4. The first-order valence-corrected chi connectivity index (χ1v) is 6.53. The van der Waals surface area contributed by atoms with Gasteiger partial charge in [0.25, 0.3) is 0 Å². The molecule has 2 N–H and O–H groups in total. The average molecular weight is 228 g/mol. The standard InChI is InChI=1S/C11H20N2OS/c1-9(8-15-3)13(2)7-11-5-4-10(6-12)14-11/h4-5,9H,6-8,12H2,1-3H3. The van der Waals surface area contributed by atoms with E-state index in [2.05, 4.69) is 25.1 Å². The second kappa shape index (κ2) is 6.20. The van der Waals surface area contributed by atoms with Crippen molar-refractivity contribution in [2.24, 2.45) is 5.73 Å². The minimum atomic E-state index is 0.476. The maximum absolute atomic E-state index is 5.56. The number of rotatable bonds is 6. The van der Waals surface area contributed by atoms with Crippen LogP contribution in [0.5, 0.6) is 0 Å². The molecule has 0 aliphatic rings. The molecule has 0 saturated carbocycles. The lowest BCUT2D eigenvalue weighted by Gasteiger charge is -2.22. The van der Waals surface area contributed by atoms with Crippen LogP contribution in [0.15, 0.2) is 16.5 Å². The van der Waals surface area contributed by atoms with E-state index in [4.69, 9.17) is 10.2 Å². The lowest BCUT2D eigenvalue weighted by molar-refractivity contribution is 0.244. The molecular formula is C11H20N2OS. The average Bonchev–Trinajstić information content (AvgIpc) is 2.66. The molecule has 4 heteroatoms. The third-order valence-corrected chi connectivity index (χ3v) is 3.30. The van der Waals surface area contributed by atoms with E-state index >= 15 is 0 Å². The van der Waals surface area contributed by atoms with Crippen molar-refractivity contribution in [3.05, 3.63) is 23.7 Å². The van der Waals surface area contributed by atoms with Crippen LogP contribution in [0.2, 0.25) is 0 Å². The van der Waals surface area contributed by atoms with Crippen LogP contribution in [0.3, 0.4) is 0 Å². The summed E-state index contributed by atoms with van der Waals surface area (Å²) in [5, 5.41) is 0. The van der Waals surface area contributed by atoms with Crippen LogP contribution >= 0.6 is 11.8 Å². The predicted molar refractivity (Wildman–Crippen MR) is 65.9 cm³/mol. The lowest BCUT2D eigenvalue weighted by Crippen LogP contribution is -2.30. The van der Waals surface area contributed by atoms with Crippen LogP contribution in [0.4, 0.5) is 0 Å². The number of hydrogen-bond acceptors (Lipinski definition) is 4. The molecule has 0 aliphatic heterocycles. The van der Waals surface area contributed by atoms with E-state index in [1.165, 1.54) is 0 Å². The van der Waals surface area contributed by atoms with Crippen LogP contribution < -0.4 is 5.73 Å². The van der Waals surface area contributed by atoms with Crippen LogP contribution in [0.25, 0.3) is 0 Å². The highest BCUT2D eigenvalue weighted by Crippen LogP contribution is 2.12. The lowest BCUT2D eigenvalue weighted by atomic mass is 10.3. The third-order valence-electron chi connectivity index (χ3n) is 2.48. The molecule has 1 aromatic heterocycles. The maximum atomic E-state index is 5.56. The number of nitrogens with two attached hydrogens (primary N) is 1. The van der Waals surface area contributed by atoms with Gasteiger partial charge >= 0.3 is 0 Å². The Morgan fingerprint density at radius 1 is 1.47 bits per heavy atom. The van der Waals surface area contributed by atoms with Gasteiger partial charge in [0.1, 0.15) is 11.5 Å². The number of nitrogens with zero attached hydrogens (tertiary/aromatic N) is 1. The van der Waals surface area contributed by atoms with Crippen molar-refractivity contribution in [3.8, 4) is 0 Å². The number of furan rings is 1. The molecule has 0 saturated heterocycles. The highest BCUT2D eigenvalue weighted by molar-refractivity contribution is 7.98. The quantitative estimate of drug-likeness (QED) is 0.808. The highest BCUT2D eigenvalue weighted by Gasteiger charge is 2.10. The maximum Gasteiger partial charge on any atom is 0.118 e. The van der Waals surface area contributed by atoms with Crippen molar-refractivity contribution in [2.75, 3.05) is 19.1 Å². The molecule has 0 bridgehead atoms. The van der Waals surface area contributed by atoms with Gasteiger partial charge in [0.2, 0.25) is 0 Å². The van der Waals surface area contributed by atoms with Crippen LogP contribution in [0.1, 0.15) is 18.4 Å². The Labute approximate surface area is 96.0 Å². The van der Waals surface area contributed by atoms with Gasteiger partial charge in [-0.05, 0) is 32.4 Å². The Bertz CT molecular complexity index is 288. The Morgan fingerprint density at radius 2 is 2.13 bits per heavy atom. The van der Waals surface area contributed by atoms with Gasteiger partial charge in [-0.25, -0.2) is 0 Å². The molecule has 1 aromatic rings. The molecule has 0 radical (unpaired) electrons. The molecule has 0 fully saturated rings. The van der Waals surface area contributed by atoms with Gasteiger partial charge in [-0.15, -0.1) is 0 Å². The summed E-state index contributed by atoms with van der Waals surface area (Å²) >= 11 is 1.87. The first-order chi connectivity index (χ1) is 7.17. The molecule has 86 valence electrons. The smallest absolute Gasteiger partial charge is 0.118 e. The molecule has 15 heavy (non-hydrogen) atoms. The predicted octanol–water partition coefficient (Wildman–Crippen LogP) is 1.92. The van der Waals surface area contributed by atoms with E-state index in [1.807, 2.05) is 23.9 Å². The second-order valence-corrected chi connectivity index (χ2v) is 4.70. The summed E-state index contributed by atoms with van der Waals surface area (Å²) in [6.07, 6.45) is 2.13. The number of hydrogen-bond donors (Lipinski definition) is 1. The van der Waals surface area contributed by atoms with Gasteiger partial charge in [-0.2, -0.15) is 11.8 Å². The largest absolute Gasteiger partial charge is 0.463 e. The third kappa shape index (κ3) is 3.89. The van der Waals surface area contributed by atoms with Crippen molar-refractivity contribution in [1.82, 2.24) is 4.90 Å². The van der Waals surface area contributed by atoms with E-state index in [-0.39, 0.29) is 0 Å². The fraction of sp³-hybridized carbons (Fsp3) is 0.636. The van der Waals surface area contributed by atoms with Crippen molar-refractivity contribution in [3.63, 3.8) is 0 Å². The second-order valence-electron chi connectivity index (χ2n) is 3.79. The fourth-order valence-corrected chi connectivity index (χ4v) is 2.12. The molecule has 0 spiro atoms. The van der Waals surface area contributed by atoms with Crippen molar-refractivity contribution < 1.29 is 4.42 Å². The van der Waals surface area contributed by atoms with Crippen LogP contribution in [-0.4, -0.2) is 30.0 Å². The summed E-state index contributed by atoms with van der Waals surface area (Å²) in [5.74, 6) is 2.99. The molecule has 3 nitrogen and oxygen atoms in total. The number of thioether (sulfide) groups is 1. The molecular weight excluding hydrogens is 208 g/mol. The summed E-state index contributed by atoms with van der Waals surface area (Å²) in [6, 6.07) is 4.51. The summed E-state index contributed by atoms with van der Waals surface area (Å²) < 4.78 is 5.56. The van der Waals surface area contributed by atoms with E-state index in [0.717, 1.165) is 23.8 Å². The van der Waals surface area contributed by atoms with Gasteiger partial charge in [0.05, 0.1) is 13.1 Å². The zero-order valence-corrected chi connectivity index (χ0v) is 10.5. The van der Waals surface area contributed by atoms with Gasteiger partial charge < -0.3 is 10.2 Å². The van der Waals surface area contributed by atoms with Gasteiger partial charge in [0, 0.05) is 11.8 Å². The van der Waals surface area contributed by atoms with Crippen LogP contribution in [0, 0.1) is 0 Å². The summed E-state index contributed by atoms with van der Waals surface area (Å²) in [5.41, 5.74) is 5.49. The molecule has 0 aromatic carbocycles. The Kier molecular flexibility index (Phi) is 5.22. The molecule has 1 unspecified atom stereocenters. The molecule has 1 heterocycles. The zero-order chi connectivity index (χ0) is 11.3.